The van der Waals surface area contributed by atoms with Gasteiger partial charge < -0.3 is 9.64 Å². The van der Waals surface area contributed by atoms with Gasteiger partial charge in [-0.25, -0.2) is 9.97 Å². The molecule has 1 atom stereocenters. The highest BCUT2D eigenvalue weighted by atomic mass is 16.5. The van der Waals surface area contributed by atoms with Gasteiger partial charge in [0.25, 0.3) is 0 Å². The lowest BCUT2D eigenvalue weighted by molar-refractivity contribution is -0.145. The number of hydrogen-bond donors (Lipinski definition) is 0. The van der Waals surface area contributed by atoms with Gasteiger partial charge in [-0.05, 0) is 62.5 Å². The van der Waals surface area contributed by atoms with Crippen LogP contribution in [0.25, 0.3) is 11.4 Å². The van der Waals surface area contributed by atoms with Gasteiger partial charge in [-0.1, -0.05) is 49.4 Å². The number of carbonyl (C=O) groups is 1. The van der Waals surface area contributed by atoms with E-state index in [1.165, 1.54) is 5.56 Å². The summed E-state index contributed by atoms with van der Waals surface area (Å²) in [4.78, 5) is 27.8. The summed E-state index contributed by atoms with van der Waals surface area (Å²) in [6.07, 6.45) is 5.53. The molecule has 0 radical (unpaired) electrons. The van der Waals surface area contributed by atoms with Gasteiger partial charge in [-0.3, -0.25) is 9.69 Å². The standard InChI is InChI=1S/C29H34N4O2/c1-29(14-18-32(19-15-29)21-22-8-4-3-5-9-22)28(34)33-17-7-12-26(33)25-13-16-30-27(31-25)23-10-6-11-24(20-23)35-2/h3-6,8-11,13,16,20,26H,7,12,14-15,17-19,21H2,1-2H3/t26-/m0/s1. The molecule has 3 heterocycles. The number of aromatic nitrogens is 2. The van der Waals surface area contributed by atoms with E-state index in [0.717, 1.165) is 68.9 Å². The smallest absolute Gasteiger partial charge is 0.229 e. The van der Waals surface area contributed by atoms with Crippen molar-refractivity contribution >= 4 is 5.91 Å². The lowest BCUT2D eigenvalue weighted by atomic mass is 9.78. The summed E-state index contributed by atoms with van der Waals surface area (Å²) >= 11 is 0. The molecule has 0 unspecified atom stereocenters. The van der Waals surface area contributed by atoms with Crippen LogP contribution in [-0.4, -0.2) is 52.4 Å². The molecular weight excluding hydrogens is 436 g/mol. The second kappa shape index (κ2) is 10.2. The quantitative estimate of drug-likeness (QED) is 0.501. The molecule has 35 heavy (non-hydrogen) atoms. The van der Waals surface area contributed by atoms with Crippen LogP contribution in [0.3, 0.4) is 0 Å². The van der Waals surface area contributed by atoms with Crippen molar-refractivity contribution in [1.82, 2.24) is 19.8 Å². The van der Waals surface area contributed by atoms with Crippen LogP contribution < -0.4 is 4.74 Å². The van der Waals surface area contributed by atoms with Crippen molar-refractivity contribution in [3.63, 3.8) is 0 Å². The second-order valence-corrected chi connectivity index (χ2v) is 10.0. The highest BCUT2D eigenvalue weighted by Gasteiger charge is 2.43. The van der Waals surface area contributed by atoms with Crippen LogP contribution in [0.15, 0.2) is 66.9 Å². The number of rotatable bonds is 6. The molecule has 2 fully saturated rings. The van der Waals surface area contributed by atoms with Gasteiger partial charge in [0, 0.05) is 30.3 Å². The van der Waals surface area contributed by atoms with Crippen LogP contribution in [0.4, 0.5) is 0 Å². The molecular formula is C29H34N4O2. The molecule has 2 aliphatic heterocycles. The molecule has 2 aromatic carbocycles. The molecule has 0 spiro atoms. The maximum atomic E-state index is 13.9. The highest BCUT2D eigenvalue weighted by Crippen LogP contribution is 2.40. The molecule has 2 aliphatic rings. The predicted molar refractivity (Wildman–Crippen MR) is 137 cm³/mol. The van der Waals surface area contributed by atoms with Crippen LogP contribution in [0.5, 0.6) is 5.75 Å². The minimum Gasteiger partial charge on any atom is -0.497 e. The Labute approximate surface area is 208 Å². The zero-order valence-electron chi connectivity index (χ0n) is 20.7. The molecule has 6 heteroatoms. The van der Waals surface area contributed by atoms with Gasteiger partial charge in [-0.15, -0.1) is 0 Å². The van der Waals surface area contributed by atoms with Crippen molar-refractivity contribution in [1.29, 1.82) is 0 Å². The monoisotopic (exact) mass is 470 g/mol. The Kier molecular flexibility index (Phi) is 6.82. The molecule has 0 N–H and O–H groups in total. The first kappa shape index (κ1) is 23.5. The predicted octanol–water partition coefficient (Wildman–Crippen LogP) is 5.12. The van der Waals surface area contributed by atoms with E-state index >= 15 is 0 Å². The highest BCUT2D eigenvalue weighted by molar-refractivity contribution is 5.83. The van der Waals surface area contributed by atoms with Crippen LogP contribution in [0, 0.1) is 5.41 Å². The SMILES string of the molecule is COc1cccc(-c2nccc([C@@H]3CCCN3C(=O)C3(C)CCN(Cc4ccccc4)CC3)n2)c1. The summed E-state index contributed by atoms with van der Waals surface area (Å²) in [5, 5.41) is 0. The zero-order chi connectivity index (χ0) is 24.3. The third-order valence-electron chi connectivity index (χ3n) is 7.59. The first-order valence-electron chi connectivity index (χ1n) is 12.6. The largest absolute Gasteiger partial charge is 0.497 e. The first-order chi connectivity index (χ1) is 17.1. The summed E-state index contributed by atoms with van der Waals surface area (Å²) in [6, 6.07) is 20.4. The normalized spacial score (nSPS) is 20.1. The van der Waals surface area contributed by atoms with Gasteiger partial charge >= 0.3 is 0 Å². The third kappa shape index (κ3) is 5.08. The van der Waals surface area contributed by atoms with Crippen molar-refractivity contribution in [3.8, 4) is 17.1 Å². The lowest BCUT2D eigenvalue weighted by Gasteiger charge is -2.41. The maximum absolute atomic E-state index is 13.9. The van der Waals surface area contributed by atoms with E-state index in [9.17, 15) is 4.79 Å². The number of likely N-dealkylation sites (tertiary alicyclic amines) is 2. The molecule has 1 amide bonds. The van der Waals surface area contributed by atoms with Crippen LogP contribution in [-0.2, 0) is 11.3 Å². The topological polar surface area (TPSA) is 58.6 Å². The average molecular weight is 471 g/mol. The number of benzene rings is 2. The number of ether oxygens (including phenoxy) is 1. The Balaban J connectivity index is 1.28. The second-order valence-electron chi connectivity index (χ2n) is 10.0. The molecule has 0 bridgehead atoms. The van der Waals surface area contributed by atoms with Crippen LogP contribution in [0.2, 0.25) is 0 Å². The number of amides is 1. The summed E-state index contributed by atoms with van der Waals surface area (Å²) in [5.41, 5.74) is 2.85. The van der Waals surface area contributed by atoms with Gasteiger partial charge in [0.05, 0.1) is 18.8 Å². The fourth-order valence-corrected chi connectivity index (χ4v) is 5.38. The molecule has 0 aliphatic carbocycles. The maximum Gasteiger partial charge on any atom is 0.229 e. The van der Waals surface area contributed by atoms with E-state index in [0.29, 0.717) is 5.82 Å². The number of hydrogen-bond acceptors (Lipinski definition) is 5. The number of nitrogens with zero attached hydrogens (tertiary/aromatic N) is 4. The van der Waals surface area contributed by atoms with Crippen molar-refractivity contribution in [2.45, 2.75) is 45.2 Å². The molecule has 1 aromatic heterocycles. The Hall–Kier alpha value is -3.25. The van der Waals surface area contributed by atoms with Gasteiger partial charge in [0.15, 0.2) is 5.82 Å². The Morgan fingerprint density at radius 3 is 2.63 bits per heavy atom. The van der Waals surface area contributed by atoms with Crippen LogP contribution >= 0.6 is 0 Å². The van der Waals surface area contributed by atoms with Crippen molar-refractivity contribution in [2.24, 2.45) is 5.41 Å². The summed E-state index contributed by atoms with van der Waals surface area (Å²) in [7, 11) is 1.66. The minimum absolute atomic E-state index is 0.00836. The lowest BCUT2D eigenvalue weighted by Crippen LogP contribution is -2.48. The van der Waals surface area contributed by atoms with Crippen molar-refractivity contribution < 1.29 is 9.53 Å². The third-order valence-corrected chi connectivity index (χ3v) is 7.59. The molecule has 2 saturated heterocycles. The summed E-state index contributed by atoms with van der Waals surface area (Å²) in [6.45, 7) is 5.80. The van der Waals surface area contributed by atoms with Gasteiger partial charge in [0.2, 0.25) is 5.91 Å². The Morgan fingerprint density at radius 1 is 1.06 bits per heavy atom. The van der Waals surface area contributed by atoms with Crippen LogP contribution in [0.1, 0.15) is 49.9 Å². The van der Waals surface area contributed by atoms with E-state index in [1.54, 1.807) is 7.11 Å². The van der Waals surface area contributed by atoms with Crippen molar-refractivity contribution in [2.75, 3.05) is 26.7 Å². The number of carbonyl (C=O) groups excluding carboxylic acids is 1. The van der Waals surface area contributed by atoms with Gasteiger partial charge in [0.1, 0.15) is 5.75 Å². The van der Waals surface area contributed by atoms with E-state index in [4.69, 9.17) is 9.72 Å². The zero-order valence-corrected chi connectivity index (χ0v) is 20.7. The van der Waals surface area contributed by atoms with Gasteiger partial charge in [-0.2, -0.15) is 0 Å². The Bertz CT molecular complexity index is 1160. The minimum atomic E-state index is -0.321. The number of methoxy groups -OCH3 is 1. The van der Waals surface area contributed by atoms with E-state index in [1.807, 2.05) is 36.5 Å². The first-order valence-corrected chi connectivity index (χ1v) is 12.6. The molecule has 182 valence electrons. The Morgan fingerprint density at radius 2 is 1.86 bits per heavy atom. The summed E-state index contributed by atoms with van der Waals surface area (Å²) < 4.78 is 5.36. The number of piperidine rings is 1. The fraction of sp³-hybridized carbons (Fsp3) is 0.414. The molecule has 5 rings (SSSR count). The molecule has 6 nitrogen and oxygen atoms in total. The van der Waals surface area contributed by atoms with E-state index < -0.39 is 0 Å². The van der Waals surface area contributed by atoms with E-state index in [-0.39, 0.29) is 17.4 Å². The fourth-order valence-electron chi connectivity index (χ4n) is 5.38. The molecule has 0 saturated carbocycles. The summed E-state index contributed by atoms with van der Waals surface area (Å²) in [5.74, 6) is 1.72. The van der Waals surface area contributed by atoms with Crippen molar-refractivity contribution in [3.05, 3.63) is 78.1 Å². The van der Waals surface area contributed by atoms with E-state index in [2.05, 4.69) is 52.0 Å². The molecule has 3 aromatic rings. The average Bonchev–Trinajstić information content (AvgIpc) is 3.40.